The Bertz CT molecular complexity index is 606. The Balaban J connectivity index is 2.16. The molecule has 0 aliphatic carbocycles. The number of hydrogen-bond acceptors (Lipinski definition) is 2. The van der Waals surface area contributed by atoms with Gasteiger partial charge < -0.3 is 0 Å². The minimum Gasteiger partial charge on any atom is -0.294 e. The van der Waals surface area contributed by atoms with Crippen LogP contribution in [0.5, 0.6) is 0 Å². The Morgan fingerprint density at radius 3 is 2.56 bits per heavy atom. The monoisotopic (exact) mass is 235 g/mol. The zero-order chi connectivity index (χ0) is 13.0. The molecule has 0 N–H and O–H groups in total. The number of Topliss-reactive ketones (excluding diaryl/α,β-unsaturated/α-hetero) is 1. The highest BCUT2D eigenvalue weighted by molar-refractivity contribution is 5.97. The highest BCUT2D eigenvalue weighted by atomic mass is 16.1. The first-order valence-electron chi connectivity index (χ1n) is 5.78. The average Bonchev–Trinajstić information content (AvgIpc) is 2.39. The van der Waals surface area contributed by atoms with Gasteiger partial charge in [0, 0.05) is 12.0 Å². The van der Waals surface area contributed by atoms with E-state index in [0.29, 0.717) is 17.5 Å². The number of carbonyl (C=O) groups is 1. The van der Waals surface area contributed by atoms with Gasteiger partial charge >= 0.3 is 0 Å². The van der Waals surface area contributed by atoms with E-state index in [2.05, 4.69) is 6.07 Å². The van der Waals surface area contributed by atoms with Crippen LogP contribution in [0.4, 0.5) is 0 Å². The van der Waals surface area contributed by atoms with E-state index in [-0.39, 0.29) is 5.78 Å². The predicted octanol–water partition coefficient (Wildman–Crippen LogP) is 3.29. The Morgan fingerprint density at radius 2 is 1.89 bits per heavy atom. The third-order valence-corrected chi connectivity index (χ3v) is 2.79. The topological polar surface area (TPSA) is 40.9 Å². The molecule has 2 nitrogen and oxygen atoms in total. The van der Waals surface area contributed by atoms with Gasteiger partial charge in [0.2, 0.25) is 0 Å². The average molecular weight is 235 g/mol. The Morgan fingerprint density at radius 1 is 1.17 bits per heavy atom. The molecule has 2 rings (SSSR count). The number of benzene rings is 2. The van der Waals surface area contributed by atoms with E-state index in [4.69, 9.17) is 5.26 Å². The molecule has 0 saturated heterocycles. The van der Waals surface area contributed by atoms with E-state index in [9.17, 15) is 4.79 Å². The summed E-state index contributed by atoms with van der Waals surface area (Å²) in [6.07, 6.45) is 0.332. The molecule has 0 saturated carbocycles. The summed E-state index contributed by atoms with van der Waals surface area (Å²) in [5.41, 5.74) is 3.31. The second-order valence-corrected chi connectivity index (χ2v) is 4.28. The normalized spacial score (nSPS) is 9.78. The third kappa shape index (κ3) is 2.83. The van der Waals surface area contributed by atoms with Gasteiger partial charge in [-0.15, -0.1) is 0 Å². The first kappa shape index (κ1) is 12.1. The number of nitriles is 1. The van der Waals surface area contributed by atoms with Gasteiger partial charge in [-0.2, -0.15) is 5.26 Å². The van der Waals surface area contributed by atoms with E-state index < -0.39 is 0 Å². The summed E-state index contributed by atoms with van der Waals surface area (Å²) in [4.78, 5) is 12.0. The van der Waals surface area contributed by atoms with Gasteiger partial charge in [-0.3, -0.25) is 4.79 Å². The molecule has 0 radical (unpaired) electrons. The largest absolute Gasteiger partial charge is 0.294 e. The number of nitrogens with zero attached hydrogens (tertiary/aromatic N) is 1. The fourth-order valence-corrected chi connectivity index (χ4v) is 1.78. The number of hydrogen-bond donors (Lipinski definition) is 0. The molecule has 2 aromatic carbocycles. The second-order valence-electron chi connectivity index (χ2n) is 4.28. The van der Waals surface area contributed by atoms with Crippen molar-refractivity contribution in [2.45, 2.75) is 13.3 Å². The van der Waals surface area contributed by atoms with Crippen molar-refractivity contribution in [1.29, 1.82) is 5.26 Å². The molecule has 0 aliphatic heterocycles. The van der Waals surface area contributed by atoms with E-state index in [1.807, 2.05) is 37.3 Å². The summed E-state index contributed by atoms with van der Waals surface area (Å²) in [5.74, 6) is 0.0742. The molecule has 0 heterocycles. The molecular formula is C16H13NO. The van der Waals surface area contributed by atoms with Crippen LogP contribution in [0.2, 0.25) is 0 Å². The minimum absolute atomic E-state index is 0.0742. The fraction of sp³-hybridized carbons (Fsp3) is 0.125. The lowest BCUT2D eigenvalue weighted by Crippen LogP contribution is -2.03. The van der Waals surface area contributed by atoms with Gasteiger partial charge in [0.15, 0.2) is 5.78 Å². The van der Waals surface area contributed by atoms with Crippen molar-refractivity contribution in [1.82, 2.24) is 0 Å². The van der Waals surface area contributed by atoms with Crippen LogP contribution in [0.3, 0.4) is 0 Å². The molecule has 0 aliphatic rings. The number of carbonyl (C=O) groups excluding carboxylic acids is 1. The number of rotatable bonds is 3. The van der Waals surface area contributed by atoms with Gasteiger partial charge in [-0.25, -0.2) is 0 Å². The highest BCUT2D eigenvalue weighted by Gasteiger charge is 2.07. The van der Waals surface area contributed by atoms with Gasteiger partial charge in [0.05, 0.1) is 11.6 Å². The van der Waals surface area contributed by atoms with Gasteiger partial charge in [-0.05, 0) is 24.6 Å². The lowest BCUT2D eigenvalue weighted by atomic mass is 10.0. The minimum atomic E-state index is 0.0742. The lowest BCUT2D eigenvalue weighted by molar-refractivity contribution is 0.0993. The summed E-state index contributed by atoms with van der Waals surface area (Å²) in [6.45, 7) is 1.99. The van der Waals surface area contributed by atoms with Crippen LogP contribution < -0.4 is 0 Å². The van der Waals surface area contributed by atoms with Crippen LogP contribution in [0.25, 0.3) is 0 Å². The van der Waals surface area contributed by atoms with Crippen LogP contribution in [0.1, 0.15) is 27.0 Å². The van der Waals surface area contributed by atoms with Crippen LogP contribution in [-0.4, -0.2) is 5.78 Å². The molecule has 0 unspecified atom stereocenters. The third-order valence-electron chi connectivity index (χ3n) is 2.79. The number of ketones is 1. The van der Waals surface area contributed by atoms with Gasteiger partial charge in [-0.1, -0.05) is 42.0 Å². The molecule has 0 bridgehead atoms. The summed E-state index contributed by atoms with van der Waals surface area (Å²) in [7, 11) is 0. The molecule has 0 atom stereocenters. The zero-order valence-electron chi connectivity index (χ0n) is 10.2. The molecular weight excluding hydrogens is 222 g/mol. The van der Waals surface area contributed by atoms with Crippen molar-refractivity contribution in [3.8, 4) is 6.07 Å². The van der Waals surface area contributed by atoms with E-state index in [0.717, 1.165) is 11.1 Å². The van der Waals surface area contributed by atoms with Crippen molar-refractivity contribution in [2.75, 3.05) is 0 Å². The standard InChI is InChI=1S/C16H13NO/c1-12-5-7-15(8-6-12)16(18)10-13-3-2-4-14(9-13)11-17/h2-9H,10H2,1H3. The summed E-state index contributed by atoms with van der Waals surface area (Å²) in [6, 6.07) is 16.8. The Kier molecular flexibility index (Phi) is 3.54. The molecule has 88 valence electrons. The molecule has 0 fully saturated rings. The second kappa shape index (κ2) is 5.29. The van der Waals surface area contributed by atoms with Crippen molar-refractivity contribution in [2.24, 2.45) is 0 Å². The lowest BCUT2D eigenvalue weighted by Gasteiger charge is -2.02. The maximum Gasteiger partial charge on any atom is 0.167 e. The van der Waals surface area contributed by atoms with E-state index >= 15 is 0 Å². The quantitative estimate of drug-likeness (QED) is 0.766. The maximum absolute atomic E-state index is 12.0. The highest BCUT2D eigenvalue weighted by Crippen LogP contribution is 2.10. The van der Waals surface area contributed by atoms with Crippen molar-refractivity contribution < 1.29 is 4.79 Å². The summed E-state index contributed by atoms with van der Waals surface area (Å²) in [5, 5.41) is 8.81. The summed E-state index contributed by atoms with van der Waals surface area (Å²) >= 11 is 0. The predicted molar refractivity (Wildman–Crippen MR) is 70.4 cm³/mol. The first-order valence-corrected chi connectivity index (χ1v) is 5.78. The Labute approximate surface area is 107 Å². The molecule has 0 aromatic heterocycles. The van der Waals surface area contributed by atoms with Crippen LogP contribution >= 0.6 is 0 Å². The van der Waals surface area contributed by atoms with E-state index in [1.54, 1.807) is 18.2 Å². The zero-order valence-corrected chi connectivity index (χ0v) is 10.2. The molecule has 2 aromatic rings. The van der Waals surface area contributed by atoms with E-state index in [1.165, 1.54) is 0 Å². The molecule has 2 heteroatoms. The Hall–Kier alpha value is -2.40. The first-order chi connectivity index (χ1) is 8.69. The molecule has 0 spiro atoms. The van der Waals surface area contributed by atoms with Crippen LogP contribution in [-0.2, 0) is 6.42 Å². The smallest absolute Gasteiger partial charge is 0.167 e. The van der Waals surface area contributed by atoms with Crippen molar-refractivity contribution in [3.05, 3.63) is 70.8 Å². The maximum atomic E-state index is 12.0. The van der Waals surface area contributed by atoms with Crippen molar-refractivity contribution in [3.63, 3.8) is 0 Å². The van der Waals surface area contributed by atoms with Crippen LogP contribution in [0.15, 0.2) is 48.5 Å². The SMILES string of the molecule is Cc1ccc(C(=O)Cc2cccc(C#N)c2)cc1. The molecule has 0 amide bonds. The number of aryl methyl sites for hydroxylation is 1. The van der Waals surface area contributed by atoms with Gasteiger partial charge in [0.25, 0.3) is 0 Å². The van der Waals surface area contributed by atoms with Crippen molar-refractivity contribution >= 4 is 5.78 Å². The van der Waals surface area contributed by atoms with Crippen LogP contribution in [0, 0.1) is 18.3 Å². The summed E-state index contributed by atoms with van der Waals surface area (Å²) < 4.78 is 0. The fourth-order valence-electron chi connectivity index (χ4n) is 1.78. The molecule has 18 heavy (non-hydrogen) atoms. The van der Waals surface area contributed by atoms with Gasteiger partial charge in [0.1, 0.15) is 0 Å².